The lowest BCUT2D eigenvalue weighted by atomic mass is 10.1. The molecule has 5 nitrogen and oxygen atoms in total. The van der Waals surface area contributed by atoms with E-state index in [-0.39, 0.29) is 18.4 Å². The van der Waals surface area contributed by atoms with Crippen LogP contribution in [0.4, 0.5) is 11.4 Å². The first-order chi connectivity index (χ1) is 13.4. The number of aryl methyl sites for hydroxylation is 2. The summed E-state index contributed by atoms with van der Waals surface area (Å²) in [4.78, 5) is 26.9. The van der Waals surface area contributed by atoms with Gasteiger partial charge in [-0.25, -0.2) is 0 Å². The molecule has 2 amide bonds. The fourth-order valence-electron chi connectivity index (χ4n) is 3.01. The molecule has 0 saturated carbocycles. The minimum atomic E-state index is -0.151. The van der Waals surface area contributed by atoms with Crippen LogP contribution in [0, 0.1) is 13.8 Å². The average molecular weight is 382 g/mol. The highest BCUT2D eigenvalue weighted by molar-refractivity contribution is 5.98. The lowest BCUT2D eigenvalue weighted by molar-refractivity contribution is -0.114. The number of rotatable bonds is 9. The standard InChI is InChI=1S/C23H31N3O2/c1-5-12-26(13-6-2)23(28)19-8-7-9-21(15-19)25-22(27)16-24-20-11-10-17(3)18(4)14-20/h7-11,14-15,24H,5-6,12-13,16H2,1-4H3,(H,25,27). The van der Waals surface area contributed by atoms with Crippen LogP contribution in [0.25, 0.3) is 0 Å². The van der Waals surface area contributed by atoms with Gasteiger partial charge in [0.05, 0.1) is 6.54 Å². The van der Waals surface area contributed by atoms with Gasteiger partial charge in [-0.3, -0.25) is 9.59 Å². The van der Waals surface area contributed by atoms with Crippen LogP contribution in [0.5, 0.6) is 0 Å². The third-order valence-electron chi connectivity index (χ3n) is 4.63. The van der Waals surface area contributed by atoms with Crippen LogP contribution in [-0.4, -0.2) is 36.3 Å². The molecule has 150 valence electrons. The SMILES string of the molecule is CCCN(CCC)C(=O)c1cccc(NC(=O)CNc2ccc(C)c(C)c2)c1. The molecule has 0 aliphatic heterocycles. The Morgan fingerprint density at radius 3 is 2.25 bits per heavy atom. The summed E-state index contributed by atoms with van der Waals surface area (Å²) >= 11 is 0. The van der Waals surface area contributed by atoms with Gasteiger partial charge < -0.3 is 15.5 Å². The lowest BCUT2D eigenvalue weighted by Crippen LogP contribution is -2.32. The van der Waals surface area contributed by atoms with Crippen LogP contribution in [0.2, 0.25) is 0 Å². The molecule has 2 aromatic rings. The number of hydrogen-bond acceptors (Lipinski definition) is 3. The van der Waals surface area contributed by atoms with Crippen LogP contribution in [0.15, 0.2) is 42.5 Å². The van der Waals surface area contributed by atoms with Crippen molar-refractivity contribution in [3.8, 4) is 0 Å². The number of amides is 2. The van der Waals surface area contributed by atoms with Crippen molar-refractivity contribution in [1.29, 1.82) is 0 Å². The van der Waals surface area contributed by atoms with Gasteiger partial charge in [0.2, 0.25) is 5.91 Å². The Morgan fingerprint density at radius 2 is 1.61 bits per heavy atom. The van der Waals surface area contributed by atoms with Gasteiger partial charge in [0, 0.05) is 30.0 Å². The summed E-state index contributed by atoms with van der Waals surface area (Å²) in [5.41, 5.74) is 4.54. The van der Waals surface area contributed by atoms with Gasteiger partial charge in [0.15, 0.2) is 0 Å². The maximum absolute atomic E-state index is 12.7. The van der Waals surface area contributed by atoms with Crippen molar-refractivity contribution in [2.24, 2.45) is 0 Å². The van der Waals surface area contributed by atoms with E-state index in [1.165, 1.54) is 11.1 Å². The Balaban J connectivity index is 1.98. The Labute approximate surface area is 168 Å². The Bertz CT molecular complexity index is 811. The molecule has 28 heavy (non-hydrogen) atoms. The molecule has 0 aromatic heterocycles. The van der Waals surface area contributed by atoms with Crippen molar-refractivity contribution >= 4 is 23.2 Å². The first-order valence-electron chi connectivity index (χ1n) is 9.95. The van der Waals surface area contributed by atoms with E-state index >= 15 is 0 Å². The summed E-state index contributed by atoms with van der Waals surface area (Å²) in [5.74, 6) is -0.144. The molecule has 2 N–H and O–H groups in total. The molecule has 0 heterocycles. The molecule has 0 spiro atoms. The summed E-state index contributed by atoms with van der Waals surface area (Å²) in [6.45, 7) is 9.88. The molecule has 0 unspecified atom stereocenters. The Hall–Kier alpha value is -2.82. The third-order valence-corrected chi connectivity index (χ3v) is 4.63. The molecule has 2 rings (SSSR count). The van der Waals surface area contributed by atoms with Gasteiger partial charge in [-0.1, -0.05) is 26.0 Å². The number of nitrogens with one attached hydrogen (secondary N) is 2. The lowest BCUT2D eigenvalue weighted by Gasteiger charge is -2.21. The molecule has 0 radical (unpaired) electrons. The van der Waals surface area contributed by atoms with Crippen molar-refractivity contribution in [2.75, 3.05) is 30.3 Å². The number of anilines is 2. The van der Waals surface area contributed by atoms with Crippen LogP contribution in [0.3, 0.4) is 0 Å². The van der Waals surface area contributed by atoms with Crippen molar-refractivity contribution in [3.63, 3.8) is 0 Å². The second kappa shape index (κ2) is 10.5. The number of carbonyl (C=O) groups is 2. The molecule has 0 fully saturated rings. The maximum atomic E-state index is 12.7. The number of carbonyl (C=O) groups excluding carboxylic acids is 2. The number of nitrogens with zero attached hydrogens (tertiary/aromatic N) is 1. The van der Waals surface area contributed by atoms with Gasteiger partial charge in [-0.15, -0.1) is 0 Å². The minimum Gasteiger partial charge on any atom is -0.376 e. The van der Waals surface area contributed by atoms with Gasteiger partial charge >= 0.3 is 0 Å². The Kier molecular flexibility index (Phi) is 8.05. The zero-order chi connectivity index (χ0) is 20.5. The second-order valence-electron chi connectivity index (χ2n) is 7.07. The molecule has 0 aliphatic carbocycles. The fourth-order valence-corrected chi connectivity index (χ4v) is 3.01. The van der Waals surface area contributed by atoms with Crippen LogP contribution >= 0.6 is 0 Å². The molecular weight excluding hydrogens is 350 g/mol. The molecule has 0 bridgehead atoms. The quantitative estimate of drug-likeness (QED) is 0.666. The van der Waals surface area contributed by atoms with E-state index in [9.17, 15) is 9.59 Å². The molecule has 0 aliphatic rings. The van der Waals surface area contributed by atoms with E-state index in [0.717, 1.165) is 31.6 Å². The van der Waals surface area contributed by atoms with Gasteiger partial charge in [-0.05, 0) is 68.1 Å². The summed E-state index contributed by atoms with van der Waals surface area (Å²) in [7, 11) is 0. The Morgan fingerprint density at radius 1 is 0.893 bits per heavy atom. The van der Waals surface area contributed by atoms with Crippen molar-refractivity contribution in [1.82, 2.24) is 4.90 Å². The summed E-state index contributed by atoms with van der Waals surface area (Å²) in [5, 5.41) is 6.00. The van der Waals surface area contributed by atoms with E-state index in [2.05, 4.69) is 31.4 Å². The zero-order valence-corrected chi connectivity index (χ0v) is 17.3. The van der Waals surface area contributed by atoms with Gasteiger partial charge in [-0.2, -0.15) is 0 Å². The van der Waals surface area contributed by atoms with Gasteiger partial charge in [0.1, 0.15) is 0 Å². The smallest absolute Gasteiger partial charge is 0.253 e. The second-order valence-corrected chi connectivity index (χ2v) is 7.07. The molecule has 0 atom stereocenters. The van der Waals surface area contributed by atoms with E-state index in [4.69, 9.17) is 0 Å². The molecular formula is C23H31N3O2. The highest BCUT2D eigenvalue weighted by Crippen LogP contribution is 2.15. The molecule has 2 aromatic carbocycles. The topological polar surface area (TPSA) is 61.4 Å². The van der Waals surface area contributed by atoms with E-state index < -0.39 is 0 Å². The summed E-state index contributed by atoms with van der Waals surface area (Å²) in [6.07, 6.45) is 1.85. The van der Waals surface area contributed by atoms with Crippen molar-refractivity contribution in [2.45, 2.75) is 40.5 Å². The normalized spacial score (nSPS) is 10.4. The summed E-state index contributed by atoms with van der Waals surface area (Å²) < 4.78 is 0. The monoisotopic (exact) mass is 381 g/mol. The largest absolute Gasteiger partial charge is 0.376 e. The highest BCUT2D eigenvalue weighted by Gasteiger charge is 2.15. The van der Waals surface area contributed by atoms with E-state index in [0.29, 0.717) is 11.3 Å². The third kappa shape index (κ3) is 6.12. The molecule has 5 heteroatoms. The number of hydrogen-bond donors (Lipinski definition) is 2. The minimum absolute atomic E-state index is 0.00746. The highest BCUT2D eigenvalue weighted by atomic mass is 16.2. The van der Waals surface area contributed by atoms with Crippen molar-refractivity contribution < 1.29 is 9.59 Å². The average Bonchev–Trinajstić information content (AvgIpc) is 2.68. The van der Waals surface area contributed by atoms with E-state index in [1.807, 2.05) is 30.0 Å². The first kappa shape index (κ1) is 21.5. The van der Waals surface area contributed by atoms with Crippen LogP contribution in [-0.2, 0) is 4.79 Å². The maximum Gasteiger partial charge on any atom is 0.253 e. The zero-order valence-electron chi connectivity index (χ0n) is 17.3. The predicted molar refractivity (Wildman–Crippen MR) is 116 cm³/mol. The molecule has 0 saturated heterocycles. The van der Waals surface area contributed by atoms with Crippen LogP contribution in [0.1, 0.15) is 48.2 Å². The van der Waals surface area contributed by atoms with Gasteiger partial charge in [0.25, 0.3) is 5.91 Å². The van der Waals surface area contributed by atoms with Crippen molar-refractivity contribution in [3.05, 3.63) is 59.2 Å². The predicted octanol–water partition coefficient (Wildman–Crippen LogP) is 4.62. The van der Waals surface area contributed by atoms with E-state index in [1.54, 1.807) is 24.3 Å². The summed E-state index contributed by atoms with van der Waals surface area (Å²) in [6, 6.07) is 13.2. The van der Waals surface area contributed by atoms with Crippen LogP contribution < -0.4 is 10.6 Å². The fraction of sp³-hybridized carbons (Fsp3) is 0.391. The number of benzene rings is 2. The first-order valence-corrected chi connectivity index (χ1v) is 9.95.